The van der Waals surface area contributed by atoms with Crippen LogP contribution in [0.4, 0.5) is 14.9 Å². The Morgan fingerprint density at radius 1 is 1.50 bits per heavy atom. The highest BCUT2D eigenvalue weighted by Crippen LogP contribution is 2.24. The Labute approximate surface area is 94.8 Å². The van der Waals surface area contributed by atoms with Crippen molar-refractivity contribution in [3.05, 3.63) is 29.6 Å². The van der Waals surface area contributed by atoms with Crippen LogP contribution in [-0.2, 0) is 6.42 Å². The number of anilines is 1. The van der Waals surface area contributed by atoms with Gasteiger partial charge in [0.1, 0.15) is 5.82 Å². The van der Waals surface area contributed by atoms with E-state index in [1.54, 1.807) is 6.07 Å². The molecule has 14 heavy (non-hydrogen) atoms. The predicted molar refractivity (Wildman–Crippen MR) is 59.8 cm³/mol. The molecule has 0 radical (unpaired) electrons. The lowest BCUT2D eigenvalue weighted by Crippen LogP contribution is -2.25. The molecule has 2 amide bonds. The van der Waals surface area contributed by atoms with Crippen molar-refractivity contribution in [3.63, 3.8) is 0 Å². The molecule has 0 saturated heterocycles. The topological polar surface area (TPSA) is 32.3 Å². The molecule has 1 N–H and O–H groups in total. The number of benzene rings is 1. The fourth-order valence-electron chi connectivity index (χ4n) is 1.40. The number of rotatable bonds is 0. The second-order valence-electron chi connectivity index (χ2n) is 3.04. The minimum atomic E-state index is -0.373. The average molecular weight is 306 g/mol. The number of carbonyl (C=O) groups excluding carboxylic acids is 1. The van der Waals surface area contributed by atoms with Crippen molar-refractivity contribution < 1.29 is 9.18 Å². The number of nitrogens with zero attached hydrogens (tertiary/aromatic N) is 1. The number of carbonyl (C=O) groups is 1. The van der Waals surface area contributed by atoms with Gasteiger partial charge in [-0.2, -0.15) is 0 Å². The lowest BCUT2D eigenvalue weighted by atomic mass is 10.1. The van der Waals surface area contributed by atoms with Crippen LogP contribution < -0.4 is 5.32 Å². The van der Waals surface area contributed by atoms with E-state index < -0.39 is 0 Å². The zero-order valence-electron chi connectivity index (χ0n) is 7.26. The maximum Gasteiger partial charge on any atom is 0.330 e. The molecule has 5 heteroatoms. The molecule has 1 aromatic rings. The number of hydrogen-bond donors (Lipinski definition) is 1. The molecule has 0 spiro atoms. The molecule has 0 saturated carbocycles. The summed E-state index contributed by atoms with van der Waals surface area (Å²) in [6.45, 7) is 0.600. The third-order valence-electron chi connectivity index (χ3n) is 2.13. The summed E-state index contributed by atoms with van der Waals surface area (Å²) in [5.74, 6) is -0.373. The largest absolute Gasteiger partial charge is 0.330 e. The first-order chi connectivity index (χ1) is 6.68. The van der Waals surface area contributed by atoms with Gasteiger partial charge in [0.2, 0.25) is 0 Å². The number of nitrogens with one attached hydrogen (secondary N) is 1. The summed E-state index contributed by atoms with van der Waals surface area (Å²) < 4.78 is 14.8. The van der Waals surface area contributed by atoms with Crippen molar-refractivity contribution in [1.29, 1.82) is 0 Å². The highest BCUT2D eigenvalue weighted by atomic mass is 127. The van der Waals surface area contributed by atoms with Gasteiger partial charge in [0.25, 0.3) is 0 Å². The molecule has 0 atom stereocenters. The fourth-order valence-corrected chi connectivity index (χ4v) is 1.77. The Morgan fingerprint density at radius 3 is 3.07 bits per heavy atom. The first-order valence-corrected chi connectivity index (χ1v) is 5.16. The molecular weight excluding hydrogens is 298 g/mol. The molecule has 1 aliphatic heterocycles. The molecular formula is C9H8FIN2O. The van der Waals surface area contributed by atoms with Gasteiger partial charge in [-0.25, -0.2) is 9.18 Å². The van der Waals surface area contributed by atoms with Gasteiger partial charge >= 0.3 is 6.03 Å². The quantitative estimate of drug-likeness (QED) is 0.580. The second-order valence-corrected chi connectivity index (χ2v) is 4.20. The van der Waals surface area contributed by atoms with E-state index in [2.05, 4.69) is 5.32 Å². The van der Waals surface area contributed by atoms with Crippen molar-refractivity contribution in [3.8, 4) is 0 Å². The van der Waals surface area contributed by atoms with Gasteiger partial charge in [0, 0.05) is 6.54 Å². The van der Waals surface area contributed by atoms with Crippen molar-refractivity contribution in [2.45, 2.75) is 6.42 Å². The first kappa shape index (κ1) is 9.70. The van der Waals surface area contributed by atoms with E-state index in [1.807, 2.05) is 28.9 Å². The summed E-state index contributed by atoms with van der Waals surface area (Å²) >= 11 is 1.92. The SMILES string of the molecule is O=C1Nc2c(F)cccc2CCN1I. The van der Waals surface area contributed by atoms with Crippen LogP contribution in [0.5, 0.6) is 0 Å². The van der Waals surface area contributed by atoms with Crippen LogP contribution in [0.15, 0.2) is 18.2 Å². The first-order valence-electron chi connectivity index (χ1n) is 4.20. The van der Waals surface area contributed by atoms with E-state index >= 15 is 0 Å². The summed E-state index contributed by atoms with van der Waals surface area (Å²) in [7, 11) is 0. The van der Waals surface area contributed by atoms with E-state index in [9.17, 15) is 9.18 Å². The molecule has 0 aromatic heterocycles. The number of halogens is 2. The summed E-state index contributed by atoms with van der Waals surface area (Å²) in [5.41, 5.74) is 1.16. The van der Waals surface area contributed by atoms with Gasteiger partial charge in [-0.3, -0.25) is 3.11 Å². The van der Waals surface area contributed by atoms with Gasteiger partial charge in [0.05, 0.1) is 28.6 Å². The number of hydrogen-bond acceptors (Lipinski definition) is 1. The van der Waals surface area contributed by atoms with E-state index in [0.29, 0.717) is 18.7 Å². The van der Waals surface area contributed by atoms with E-state index in [-0.39, 0.29) is 11.8 Å². The minimum Gasteiger partial charge on any atom is -0.304 e. The summed E-state index contributed by atoms with van der Waals surface area (Å²) in [6, 6.07) is 4.56. The summed E-state index contributed by atoms with van der Waals surface area (Å²) in [6.07, 6.45) is 0.675. The van der Waals surface area contributed by atoms with E-state index in [4.69, 9.17) is 0 Å². The minimum absolute atomic E-state index is 0.269. The van der Waals surface area contributed by atoms with E-state index in [1.165, 1.54) is 9.18 Å². The Balaban J connectivity index is 2.43. The zero-order chi connectivity index (χ0) is 10.1. The van der Waals surface area contributed by atoms with Crippen molar-refractivity contribution in [2.75, 3.05) is 11.9 Å². The zero-order valence-corrected chi connectivity index (χ0v) is 9.42. The van der Waals surface area contributed by atoms with Crippen LogP contribution in [0, 0.1) is 5.82 Å². The normalized spacial score (nSPS) is 15.9. The fraction of sp³-hybridized carbons (Fsp3) is 0.222. The number of urea groups is 1. The van der Waals surface area contributed by atoms with E-state index in [0.717, 1.165) is 5.56 Å². The van der Waals surface area contributed by atoms with Crippen LogP contribution >= 0.6 is 22.9 Å². The molecule has 1 aromatic carbocycles. The smallest absolute Gasteiger partial charge is 0.304 e. The van der Waals surface area contributed by atoms with Crippen LogP contribution in [-0.4, -0.2) is 15.7 Å². The Kier molecular flexibility index (Phi) is 2.58. The standard InChI is InChI=1S/C9H8FIN2O/c10-7-3-1-2-6-4-5-13(11)9(14)12-8(6)7/h1-3H,4-5H2,(H,12,14). The second kappa shape index (κ2) is 3.72. The Hall–Kier alpha value is -0.850. The maximum absolute atomic E-state index is 13.3. The molecule has 74 valence electrons. The summed E-state index contributed by atoms with van der Waals surface area (Å²) in [5, 5.41) is 2.54. The molecule has 0 aliphatic carbocycles. The molecule has 0 fully saturated rings. The van der Waals surface area contributed by atoms with Gasteiger partial charge in [-0.05, 0) is 18.1 Å². The third kappa shape index (κ3) is 1.68. The maximum atomic E-state index is 13.3. The molecule has 2 rings (SSSR count). The Bertz CT molecular complexity index is 383. The van der Waals surface area contributed by atoms with Crippen LogP contribution in [0.1, 0.15) is 5.56 Å². The number of fused-ring (bicyclic) bond motifs is 1. The lowest BCUT2D eigenvalue weighted by Gasteiger charge is -2.10. The highest BCUT2D eigenvalue weighted by molar-refractivity contribution is 14.1. The summed E-state index contributed by atoms with van der Waals surface area (Å²) in [4.78, 5) is 11.4. The highest BCUT2D eigenvalue weighted by Gasteiger charge is 2.19. The Morgan fingerprint density at radius 2 is 2.29 bits per heavy atom. The third-order valence-corrected chi connectivity index (χ3v) is 3.05. The van der Waals surface area contributed by atoms with Gasteiger partial charge in [-0.15, -0.1) is 0 Å². The van der Waals surface area contributed by atoms with Crippen LogP contribution in [0.2, 0.25) is 0 Å². The molecule has 1 heterocycles. The van der Waals surface area contributed by atoms with Crippen LogP contribution in [0.3, 0.4) is 0 Å². The lowest BCUT2D eigenvalue weighted by molar-refractivity contribution is 0.242. The predicted octanol–water partition coefficient (Wildman–Crippen LogP) is 2.57. The van der Waals surface area contributed by atoms with Crippen LogP contribution in [0.25, 0.3) is 0 Å². The van der Waals surface area contributed by atoms with Crippen molar-refractivity contribution in [1.82, 2.24) is 3.11 Å². The van der Waals surface area contributed by atoms with Gasteiger partial charge in [-0.1, -0.05) is 12.1 Å². The molecule has 3 nitrogen and oxygen atoms in total. The van der Waals surface area contributed by atoms with Gasteiger partial charge < -0.3 is 5.32 Å². The average Bonchev–Trinajstić information content (AvgIpc) is 2.30. The monoisotopic (exact) mass is 306 g/mol. The van der Waals surface area contributed by atoms with Gasteiger partial charge in [0.15, 0.2) is 0 Å². The molecule has 0 bridgehead atoms. The van der Waals surface area contributed by atoms with Crippen molar-refractivity contribution >= 4 is 34.6 Å². The molecule has 1 aliphatic rings. The number of para-hydroxylation sites is 1. The molecule has 0 unspecified atom stereocenters. The van der Waals surface area contributed by atoms with Crippen molar-refractivity contribution in [2.24, 2.45) is 0 Å². The number of amides is 2.